The molecule has 1 rings (SSSR count). The largest absolute Gasteiger partial charge is 0.292 e. The van der Waals surface area contributed by atoms with E-state index in [1.807, 2.05) is 12.1 Å². The smallest absolute Gasteiger partial charge is 0.182 e. The van der Waals surface area contributed by atoms with Crippen molar-refractivity contribution < 1.29 is 4.79 Å². The quantitative estimate of drug-likeness (QED) is 0.756. The lowest BCUT2D eigenvalue weighted by Gasteiger charge is -2.05. The Morgan fingerprint density at radius 2 is 2.36 bits per heavy atom. The lowest BCUT2D eigenvalue weighted by atomic mass is 10.3. The van der Waals surface area contributed by atoms with E-state index >= 15 is 0 Å². The van der Waals surface area contributed by atoms with Crippen molar-refractivity contribution in [3.8, 4) is 0 Å². The molecule has 1 heterocycles. The van der Waals surface area contributed by atoms with E-state index in [2.05, 4.69) is 29.8 Å². The van der Waals surface area contributed by atoms with Gasteiger partial charge in [-0.25, -0.2) is 0 Å². The summed E-state index contributed by atoms with van der Waals surface area (Å²) < 4.78 is 1.02. The molecule has 0 saturated heterocycles. The number of halogens is 1. The van der Waals surface area contributed by atoms with Crippen LogP contribution in [0, 0.1) is 0 Å². The van der Waals surface area contributed by atoms with Gasteiger partial charge in [0.15, 0.2) is 5.78 Å². The highest BCUT2D eigenvalue weighted by Gasteiger charge is 2.10. The van der Waals surface area contributed by atoms with Crippen LogP contribution in [-0.2, 0) is 0 Å². The summed E-state index contributed by atoms with van der Waals surface area (Å²) in [7, 11) is 0. The summed E-state index contributed by atoms with van der Waals surface area (Å²) in [6, 6.07) is 3.81. The molecule has 0 aliphatic rings. The van der Waals surface area contributed by atoms with Crippen molar-refractivity contribution in [3.05, 3.63) is 20.8 Å². The Morgan fingerprint density at radius 3 is 2.86 bits per heavy atom. The zero-order chi connectivity index (χ0) is 10.6. The molecule has 0 aromatic carbocycles. The van der Waals surface area contributed by atoms with E-state index in [0.29, 0.717) is 11.0 Å². The Kier molecular flexibility index (Phi) is 5.20. The standard InChI is InChI=1S/C10H13BrOS2/c1-3-7(2)13-6-8(12)9-4-5-10(11)14-9/h4-5,7H,3,6H2,1-2H3. The molecule has 0 aliphatic carbocycles. The van der Waals surface area contributed by atoms with Gasteiger partial charge in [-0.1, -0.05) is 13.8 Å². The first kappa shape index (κ1) is 12.3. The predicted molar refractivity (Wildman–Crippen MR) is 68.6 cm³/mol. The van der Waals surface area contributed by atoms with Crippen LogP contribution in [0.25, 0.3) is 0 Å². The molecule has 1 unspecified atom stereocenters. The van der Waals surface area contributed by atoms with Crippen molar-refractivity contribution >= 4 is 44.8 Å². The molecule has 14 heavy (non-hydrogen) atoms. The first-order valence-corrected chi connectivity index (χ1v) is 7.19. The summed E-state index contributed by atoms with van der Waals surface area (Å²) in [4.78, 5) is 12.5. The normalized spacial score (nSPS) is 12.8. The minimum Gasteiger partial charge on any atom is -0.292 e. The fourth-order valence-corrected chi connectivity index (χ4v) is 3.11. The van der Waals surface area contributed by atoms with E-state index in [1.54, 1.807) is 11.8 Å². The van der Waals surface area contributed by atoms with Crippen molar-refractivity contribution in [2.45, 2.75) is 25.5 Å². The van der Waals surface area contributed by atoms with Crippen LogP contribution < -0.4 is 0 Å². The summed E-state index contributed by atoms with van der Waals surface area (Å²) in [6.45, 7) is 4.30. The van der Waals surface area contributed by atoms with Crippen LogP contribution in [0.1, 0.15) is 29.9 Å². The summed E-state index contributed by atoms with van der Waals surface area (Å²) in [5, 5.41) is 0.572. The Morgan fingerprint density at radius 1 is 1.64 bits per heavy atom. The van der Waals surface area contributed by atoms with Gasteiger partial charge in [0.05, 0.1) is 14.4 Å². The van der Waals surface area contributed by atoms with Gasteiger partial charge >= 0.3 is 0 Å². The third-order valence-electron chi connectivity index (χ3n) is 1.92. The Balaban J connectivity index is 2.43. The topological polar surface area (TPSA) is 17.1 Å². The van der Waals surface area contributed by atoms with Gasteiger partial charge in [-0.2, -0.15) is 11.8 Å². The van der Waals surface area contributed by atoms with E-state index in [0.717, 1.165) is 15.1 Å². The van der Waals surface area contributed by atoms with Gasteiger partial charge in [0.2, 0.25) is 0 Å². The van der Waals surface area contributed by atoms with Gasteiger partial charge < -0.3 is 0 Å². The molecule has 0 bridgehead atoms. The van der Waals surface area contributed by atoms with Crippen molar-refractivity contribution in [1.29, 1.82) is 0 Å². The molecule has 0 spiro atoms. The number of thiophene rings is 1. The van der Waals surface area contributed by atoms with Gasteiger partial charge in [0.1, 0.15) is 0 Å². The molecule has 1 atom stereocenters. The van der Waals surface area contributed by atoms with Crippen LogP contribution in [-0.4, -0.2) is 16.8 Å². The number of ketones is 1. The SMILES string of the molecule is CCC(C)SCC(=O)c1ccc(Br)s1. The molecule has 0 N–H and O–H groups in total. The van der Waals surface area contributed by atoms with Gasteiger partial charge in [-0.15, -0.1) is 11.3 Å². The zero-order valence-electron chi connectivity index (χ0n) is 8.25. The molecule has 1 aromatic rings. The second kappa shape index (κ2) is 5.93. The molecule has 1 nitrogen and oxygen atoms in total. The second-order valence-corrected chi connectivity index (χ2v) is 6.95. The summed E-state index contributed by atoms with van der Waals surface area (Å²) in [6.07, 6.45) is 1.12. The van der Waals surface area contributed by atoms with E-state index < -0.39 is 0 Å². The lowest BCUT2D eigenvalue weighted by molar-refractivity contribution is 0.102. The number of carbonyl (C=O) groups is 1. The van der Waals surface area contributed by atoms with Gasteiger partial charge in [0, 0.05) is 5.25 Å². The van der Waals surface area contributed by atoms with E-state index in [4.69, 9.17) is 0 Å². The Labute approximate surface area is 101 Å². The molecular formula is C10H13BrOS2. The van der Waals surface area contributed by atoms with Crippen LogP contribution in [0.3, 0.4) is 0 Å². The molecule has 0 saturated carbocycles. The second-order valence-electron chi connectivity index (χ2n) is 3.06. The van der Waals surface area contributed by atoms with Crippen LogP contribution in [0.5, 0.6) is 0 Å². The summed E-state index contributed by atoms with van der Waals surface area (Å²) in [5.74, 6) is 0.841. The lowest BCUT2D eigenvalue weighted by Crippen LogP contribution is -2.04. The third kappa shape index (κ3) is 3.75. The molecule has 1 aromatic heterocycles. The third-order valence-corrected chi connectivity index (χ3v) is 4.92. The number of Topliss-reactive ketones (excluding diaryl/α,β-unsaturated/α-hetero) is 1. The van der Waals surface area contributed by atoms with Crippen molar-refractivity contribution in [1.82, 2.24) is 0 Å². The average molecular weight is 293 g/mol. The van der Waals surface area contributed by atoms with Gasteiger partial charge in [-0.3, -0.25) is 4.79 Å². The molecule has 4 heteroatoms. The van der Waals surface area contributed by atoms with Crippen LogP contribution in [0.2, 0.25) is 0 Å². The van der Waals surface area contributed by atoms with E-state index in [9.17, 15) is 4.79 Å². The predicted octanol–water partition coefficient (Wildman–Crippen LogP) is 4.23. The molecule has 0 amide bonds. The van der Waals surface area contributed by atoms with Crippen molar-refractivity contribution in [2.75, 3.05) is 5.75 Å². The zero-order valence-corrected chi connectivity index (χ0v) is 11.5. The highest BCUT2D eigenvalue weighted by molar-refractivity contribution is 9.11. The fourth-order valence-electron chi connectivity index (χ4n) is 0.871. The average Bonchev–Trinajstić information content (AvgIpc) is 2.60. The molecule has 0 aliphatic heterocycles. The summed E-state index contributed by atoms with van der Waals surface area (Å²) >= 11 is 6.59. The number of rotatable bonds is 5. The highest BCUT2D eigenvalue weighted by atomic mass is 79.9. The number of carbonyl (C=O) groups excluding carboxylic acids is 1. The van der Waals surface area contributed by atoms with Crippen molar-refractivity contribution in [3.63, 3.8) is 0 Å². The minimum absolute atomic E-state index is 0.242. The Hall–Kier alpha value is 0.200. The maximum Gasteiger partial charge on any atom is 0.182 e. The number of hydrogen-bond donors (Lipinski definition) is 0. The molecule has 0 radical (unpaired) electrons. The summed E-state index contributed by atoms with van der Waals surface area (Å²) in [5.41, 5.74) is 0. The Bertz CT molecular complexity index is 309. The molecule has 78 valence electrons. The molecular weight excluding hydrogens is 280 g/mol. The van der Waals surface area contributed by atoms with Crippen LogP contribution >= 0.6 is 39.0 Å². The monoisotopic (exact) mass is 292 g/mol. The van der Waals surface area contributed by atoms with Crippen molar-refractivity contribution in [2.24, 2.45) is 0 Å². The number of hydrogen-bond acceptors (Lipinski definition) is 3. The van der Waals surface area contributed by atoms with E-state index in [1.165, 1.54) is 11.3 Å². The number of thioether (sulfide) groups is 1. The van der Waals surface area contributed by atoms with Crippen LogP contribution in [0.4, 0.5) is 0 Å². The highest BCUT2D eigenvalue weighted by Crippen LogP contribution is 2.24. The van der Waals surface area contributed by atoms with Gasteiger partial charge in [-0.05, 0) is 34.5 Å². The van der Waals surface area contributed by atoms with Crippen LogP contribution in [0.15, 0.2) is 15.9 Å². The first-order chi connectivity index (χ1) is 6.63. The maximum absolute atomic E-state index is 11.6. The van der Waals surface area contributed by atoms with Gasteiger partial charge in [0.25, 0.3) is 0 Å². The molecule has 0 fully saturated rings. The first-order valence-electron chi connectivity index (χ1n) is 4.53. The fraction of sp³-hybridized carbons (Fsp3) is 0.500. The van der Waals surface area contributed by atoms with E-state index in [-0.39, 0.29) is 5.78 Å². The minimum atomic E-state index is 0.242. The maximum atomic E-state index is 11.6.